The number of aliphatic carboxylic acids is 1. The second kappa shape index (κ2) is 5.79. The largest absolute Gasteiger partial charge is 0.507 e. The van der Waals surface area contributed by atoms with Crippen molar-refractivity contribution in [1.82, 2.24) is 4.90 Å². The van der Waals surface area contributed by atoms with Gasteiger partial charge in [-0.25, -0.2) is 4.39 Å². The molecule has 0 fully saturated rings. The minimum Gasteiger partial charge on any atom is -0.507 e. The molecule has 1 unspecified atom stereocenters. The fourth-order valence-corrected chi connectivity index (χ4v) is 1.66. The molecule has 0 aliphatic carbocycles. The molecular formula is C12H17FN2O3. The first-order valence-corrected chi connectivity index (χ1v) is 5.44. The van der Waals surface area contributed by atoms with E-state index in [-0.39, 0.29) is 17.7 Å². The molecule has 0 heterocycles. The number of hydrogen-bond donors (Lipinski definition) is 3. The van der Waals surface area contributed by atoms with Crippen molar-refractivity contribution in [2.45, 2.75) is 19.0 Å². The summed E-state index contributed by atoms with van der Waals surface area (Å²) in [5.74, 6) is -1.80. The van der Waals surface area contributed by atoms with Crippen LogP contribution in [0.3, 0.4) is 0 Å². The number of benzene rings is 1. The number of nitrogens with zero attached hydrogens (tertiary/aromatic N) is 1. The van der Waals surface area contributed by atoms with Crippen LogP contribution in [0.1, 0.15) is 11.1 Å². The van der Waals surface area contributed by atoms with Crippen LogP contribution in [-0.4, -0.2) is 41.2 Å². The van der Waals surface area contributed by atoms with Crippen LogP contribution in [0.5, 0.6) is 5.75 Å². The zero-order valence-electron chi connectivity index (χ0n) is 10.4. The number of carbonyl (C=O) groups is 1. The monoisotopic (exact) mass is 256 g/mol. The maximum atomic E-state index is 13.4. The molecule has 0 amide bonds. The highest BCUT2D eigenvalue weighted by molar-refractivity contribution is 5.73. The summed E-state index contributed by atoms with van der Waals surface area (Å²) in [5.41, 5.74) is 6.00. The second-order valence-corrected chi connectivity index (χ2v) is 4.46. The molecule has 6 heteroatoms. The van der Waals surface area contributed by atoms with E-state index in [2.05, 4.69) is 0 Å². The molecule has 18 heavy (non-hydrogen) atoms. The second-order valence-electron chi connectivity index (χ2n) is 4.46. The molecule has 1 rings (SSSR count). The maximum absolute atomic E-state index is 13.4. The third-order valence-electron chi connectivity index (χ3n) is 2.48. The Morgan fingerprint density at radius 2 is 2.00 bits per heavy atom. The molecule has 0 aromatic heterocycles. The maximum Gasteiger partial charge on any atom is 0.320 e. The highest BCUT2D eigenvalue weighted by Crippen LogP contribution is 2.26. The normalized spacial score (nSPS) is 12.7. The number of carboxylic acids is 1. The summed E-state index contributed by atoms with van der Waals surface area (Å²) in [6.45, 7) is 0.360. The van der Waals surface area contributed by atoms with E-state index >= 15 is 0 Å². The van der Waals surface area contributed by atoms with E-state index in [0.717, 1.165) is 6.07 Å². The zero-order chi connectivity index (χ0) is 13.9. The van der Waals surface area contributed by atoms with Crippen molar-refractivity contribution >= 4 is 5.97 Å². The Bertz CT molecular complexity index is 449. The number of halogens is 1. The lowest BCUT2D eigenvalue weighted by Crippen LogP contribution is -2.32. The Morgan fingerprint density at radius 1 is 1.44 bits per heavy atom. The number of phenolic OH excluding ortho intramolecular Hbond substituents is 1. The van der Waals surface area contributed by atoms with E-state index in [4.69, 9.17) is 10.8 Å². The first-order valence-electron chi connectivity index (χ1n) is 5.44. The fourth-order valence-electron chi connectivity index (χ4n) is 1.66. The van der Waals surface area contributed by atoms with Gasteiger partial charge in [0, 0.05) is 18.5 Å². The summed E-state index contributed by atoms with van der Waals surface area (Å²) in [6.07, 6.45) is -0.112. The summed E-state index contributed by atoms with van der Waals surface area (Å²) in [6, 6.07) is 1.17. The Morgan fingerprint density at radius 3 is 2.50 bits per heavy atom. The molecule has 0 saturated carbocycles. The number of hydrogen-bond acceptors (Lipinski definition) is 4. The van der Waals surface area contributed by atoms with Gasteiger partial charge in [-0.3, -0.25) is 4.79 Å². The number of nitrogens with two attached hydrogens (primary N) is 1. The van der Waals surface area contributed by atoms with Crippen LogP contribution in [0.15, 0.2) is 12.1 Å². The van der Waals surface area contributed by atoms with Gasteiger partial charge in [-0.05, 0) is 31.8 Å². The molecular weight excluding hydrogens is 239 g/mol. The van der Waals surface area contributed by atoms with E-state index in [9.17, 15) is 14.3 Å². The van der Waals surface area contributed by atoms with Gasteiger partial charge in [0.25, 0.3) is 0 Å². The fraction of sp³-hybridized carbons (Fsp3) is 0.417. The molecule has 1 aromatic carbocycles. The standard InChI is InChI=1S/C12H17FN2O3/c1-15(2)6-8-4-9(13)3-7(11(8)16)5-10(14)12(17)18/h3-4,10,16H,5-6,14H2,1-2H3,(H,17,18). The Kier molecular flexibility index (Phi) is 4.63. The van der Waals surface area contributed by atoms with Crippen LogP contribution in [0.2, 0.25) is 0 Å². The topological polar surface area (TPSA) is 86.8 Å². The SMILES string of the molecule is CN(C)Cc1cc(F)cc(CC(N)C(=O)O)c1O. The lowest BCUT2D eigenvalue weighted by molar-refractivity contribution is -0.138. The van der Waals surface area contributed by atoms with Crippen molar-refractivity contribution in [3.05, 3.63) is 29.1 Å². The Hall–Kier alpha value is -1.66. The molecule has 0 bridgehead atoms. The molecule has 0 aliphatic heterocycles. The van der Waals surface area contributed by atoms with Crippen LogP contribution in [0, 0.1) is 5.82 Å². The van der Waals surface area contributed by atoms with Gasteiger partial charge in [-0.1, -0.05) is 0 Å². The predicted octanol–water partition coefficient (Wildman–Crippen LogP) is 0.547. The van der Waals surface area contributed by atoms with Crippen molar-refractivity contribution in [2.75, 3.05) is 14.1 Å². The van der Waals surface area contributed by atoms with E-state index in [1.165, 1.54) is 6.07 Å². The highest BCUT2D eigenvalue weighted by atomic mass is 19.1. The minimum atomic E-state index is -1.19. The minimum absolute atomic E-state index is 0.0956. The van der Waals surface area contributed by atoms with Gasteiger partial charge in [0.2, 0.25) is 0 Å². The molecule has 5 nitrogen and oxygen atoms in total. The molecule has 0 aliphatic rings. The van der Waals surface area contributed by atoms with Crippen molar-refractivity contribution in [2.24, 2.45) is 5.73 Å². The third-order valence-corrected chi connectivity index (χ3v) is 2.48. The molecule has 1 aromatic rings. The summed E-state index contributed by atoms with van der Waals surface area (Å²) in [7, 11) is 3.57. The van der Waals surface area contributed by atoms with E-state index < -0.39 is 17.8 Å². The zero-order valence-corrected chi connectivity index (χ0v) is 10.4. The van der Waals surface area contributed by atoms with Crippen molar-refractivity contribution < 1.29 is 19.4 Å². The Balaban J connectivity index is 3.04. The lowest BCUT2D eigenvalue weighted by atomic mass is 10.0. The van der Waals surface area contributed by atoms with Crippen molar-refractivity contribution in [1.29, 1.82) is 0 Å². The average molecular weight is 256 g/mol. The molecule has 0 radical (unpaired) electrons. The van der Waals surface area contributed by atoms with Gasteiger partial charge in [0.1, 0.15) is 17.6 Å². The van der Waals surface area contributed by atoms with Crippen LogP contribution < -0.4 is 5.73 Å². The van der Waals surface area contributed by atoms with Crippen LogP contribution in [-0.2, 0) is 17.8 Å². The van der Waals surface area contributed by atoms with Gasteiger partial charge in [0.05, 0.1) is 0 Å². The van der Waals surface area contributed by atoms with Gasteiger partial charge in [-0.15, -0.1) is 0 Å². The van der Waals surface area contributed by atoms with Crippen LogP contribution in [0.4, 0.5) is 4.39 Å². The first kappa shape index (κ1) is 14.4. The van der Waals surface area contributed by atoms with Gasteiger partial charge in [0.15, 0.2) is 0 Å². The van der Waals surface area contributed by atoms with Crippen molar-refractivity contribution in [3.63, 3.8) is 0 Å². The summed E-state index contributed by atoms with van der Waals surface area (Å²) >= 11 is 0. The number of rotatable bonds is 5. The van der Waals surface area contributed by atoms with Gasteiger partial charge >= 0.3 is 5.97 Å². The first-order chi connectivity index (χ1) is 8.31. The Labute approximate surface area is 105 Å². The van der Waals surface area contributed by atoms with Crippen molar-refractivity contribution in [3.8, 4) is 5.75 Å². The molecule has 4 N–H and O–H groups in total. The number of aromatic hydroxyl groups is 1. The van der Waals surface area contributed by atoms with Crippen LogP contribution in [0.25, 0.3) is 0 Å². The predicted molar refractivity (Wildman–Crippen MR) is 64.8 cm³/mol. The number of phenols is 1. The molecule has 100 valence electrons. The lowest BCUT2D eigenvalue weighted by Gasteiger charge is -2.15. The molecule has 0 spiro atoms. The third kappa shape index (κ3) is 3.68. The smallest absolute Gasteiger partial charge is 0.320 e. The summed E-state index contributed by atoms with van der Waals surface area (Å²) in [4.78, 5) is 12.4. The van der Waals surface area contributed by atoms with E-state index in [1.807, 2.05) is 0 Å². The van der Waals surface area contributed by atoms with E-state index in [0.29, 0.717) is 12.1 Å². The quantitative estimate of drug-likeness (QED) is 0.716. The number of carboxylic acid groups (broad SMARTS) is 1. The van der Waals surface area contributed by atoms with Gasteiger partial charge < -0.3 is 20.8 Å². The molecule has 1 atom stereocenters. The molecule has 0 saturated heterocycles. The van der Waals surface area contributed by atoms with Gasteiger partial charge in [-0.2, -0.15) is 0 Å². The van der Waals surface area contributed by atoms with E-state index in [1.54, 1.807) is 19.0 Å². The summed E-state index contributed by atoms with van der Waals surface area (Å²) in [5, 5.41) is 18.7. The average Bonchev–Trinajstić information content (AvgIpc) is 2.23. The summed E-state index contributed by atoms with van der Waals surface area (Å²) < 4.78 is 13.4. The highest BCUT2D eigenvalue weighted by Gasteiger charge is 2.17. The van der Waals surface area contributed by atoms with Crippen LogP contribution >= 0.6 is 0 Å².